The molecule has 4 atom stereocenters. The molecule has 3 aliphatic rings. The Balaban J connectivity index is 1.38. The topological polar surface area (TPSA) is 107 Å². The van der Waals surface area contributed by atoms with Crippen LogP contribution in [-0.4, -0.2) is 76.3 Å². The highest BCUT2D eigenvalue weighted by atomic mass is 16.3. The summed E-state index contributed by atoms with van der Waals surface area (Å²) in [6, 6.07) is 8.69. The summed E-state index contributed by atoms with van der Waals surface area (Å²) in [5.74, 6) is 0.196. The van der Waals surface area contributed by atoms with Gasteiger partial charge in [-0.25, -0.2) is 0 Å². The normalized spacial score (nSPS) is 26.8. The van der Waals surface area contributed by atoms with Gasteiger partial charge in [0.05, 0.1) is 6.61 Å². The minimum absolute atomic E-state index is 0.339. The second kappa shape index (κ2) is 11.0. The lowest BCUT2D eigenvalue weighted by Gasteiger charge is -2.40. The standard InChI is InChI=1S/C26H39N3O4/c27-25(32)20-8-4-7-19(13-20)21-14-22-9-10-23(15-21)29(22)12-11-28(26(33)24(31)17-30)16-18-5-2-1-3-6-18/h4,7-8,13,18,21-24,30-31H,1-3,5-6,9-12,14-17H2,(H2,27,32)/t21-,22-,23+,24-/m0/s1. The molecular weight excluding hydrogens is 418 g/mol. The van der Waals surface area contributed by atoms with E-state index in [0.29, 0.717) is 42.6 Å². The fourth-order valence-corrected chi connectivity index (χ4v) is 6.36. The highest BCUT2D eigenvalue weighted by molar-refractivity contribution is 5.92. The number of nitrogens with zero attached hydrogens (tertiary/aromatic N) is 2. The summed E-state index contributed by atoms with van der Waals surface area (Å²) in [6.45, 7) is 1.56. The summed E-state index contributed by atoms with van der Waals surface area (Å²) in [6.07, 6.45) is 9.06. The van der Waals surface area contributed by atoms with E-state index >= 15 is 0 Å². The second-order valence-corrected chi connectivity index (χ2v) is 10.3. The highest BCUT2D eigenvalue weighted by Gasteiger charge is 2.41. The van der Waals surface area contributed by atoms with E-state index in [2.05, 4.69) is 11.0 Å². The zero-order valence-corrected chi connectivity index (χ0v) is 19.6. The first-order chi connectivity index (χ1) is 16.0. The molecule has 33 heavy (non-hydrogen) atoms. The third kappa shape index (κ3) is 5.76. The van der Waals surface area contributed by atoms with Crippen LogP contribution in [0.5, 0.6) is 0 Å². The van der Waals surface area contributed by atoms with Crippen LogP contribution in [0.15, 0.2) is 24.3 Å². The SMILES string of the molecule is NC(=O)c1cccc([C@@H]2C[C@H]3CC[C@@H](C2)N3CCN(CC2CCCCC2)C(=O)[C@@H](O)CO)c1. The number of piperidine rings is 1. The minimum Gasteiger partial charge on any atom is -0.393 e. The predicted octanol–water partition coefficient (Wildman–Crippen LogP) is 2.26. The molecule has 182 valence electrons. The molecule has 1 aliphatic carbocycles. The molecule has 0 radical (unpaired) electrons. The van der Waals surface area contributed by atoms with Crippen molar-refractivity contribution in [3.8, 4) is 0 Å². The van der Waals surface area contributed by atoms with E-state index in [0.717, 1.165) is 45.1 Å². The number of benzene rings is 1. The summed E-state index contributed by atoms with van der Waals surface area (Å²) in [5.41, 5.74) is 7.25. The van der Waals surface area contributed by atoms with Crippen molar-refractivity contribution in [3.63, 3.8) is 0 Å². The molecule has 4 rings (SSSR count). The molecule has 1 aromatic rings. The number of rotatable bonds is 9. The minimum atomic E-state index is -1.33. The maximum atomic E-state index is 12.8. The quantitative estimate of drug-likeness (QED) is 0.527. The van der Waals surface area contributed by atoms with Crippen molar-refractivity contribution in [2.75, 3.05) is 26.2 Å². The predicted molar refractivity (Wildman–Crippen MR) is 127 cm³/mol. The Bertz CT molecular complexity index is 812. The van der Waals surface area contributed by atoms with Gasteiger partial charge in [-0.15, -0.1) is 0 Å². The van der Waals surface area contributed by atoms with E-state index in [1.54, 1.807) is 11.0 Å². The highest BCUT2D eigenvalue weighted by Crippen LogP contribution is 2.43. The molecule has 7 heteroatoms. The van der Waals surface area contributed by atoms with Gasteiger partial charge >= 0.3 is 0 Å². The van der Waals surface area contributed by atoms with E-state index in [9.17, 15) is 19.8 Å². The Kier molecular flexibility index (Phi) is 8.04. The Morgan fingerprint density at radius 1 is 1.09 bits per heavy atom. The van der Waals surface area contributed by atoms with Gasteiger partial charge in [0.15, 0.2) is 6.10 Å². The van der Waals surface area contributed by atoms with Gasteiger partial charge in [-0.3, -0.25) is 14.5 Å². The number of primary amides is 1. The lowest BCUT2D eigenvalue weighted by molar-refractivity contribution is -0.143. The Morgan fingerprint density at radius 2 is 1.79 bits per heavy atom. The van der Waals surface area contributed by atoms with E-state index in [-0.39, 0.29) is 11.8 Å². The first-order valence-electron chi connectivity index (χ1n) is 12.7. The molecule has 1 aromatic carbocycles. The van der Waals surface area contributed by atoms with Gasteiger partial charge < -0.3 is 20.8 Å². The van der Waals surface area contributed by atoms with Crippen LogP contribution in [0.1, 0.15) is 79.6 Å². The van der Waals surface area contributed by atoms with E-state index in [1.807, 2.05) is 12.1 Å². The van der Waals surface area contributed by atoms with Crippen molar-refractivity contribution in [1.82, 2.24) is 9.80 Å². The lowest BCUT2D eigenvalue weighted by atomic mass is 9.84. The third-order valence-corrected chi connectivity index (χ3v) is 8.13. The van der Waals surface area contributed by atoms with Gasteiger partial charge in [-0.05, 0) is 68.1 Å². The van der Waals surface area contributed by atoms with Gasteiger partial charge in [-0.2, -0.15) is 0 Å². The van der Waals surface area contributed by atoms with Crippen molar-refractivity contribution in [2.24, 2.45) is 11.7 Å². The van der Waals surface area contributed by atoms with Crippen LogP contribution in [0, 0.1) is 5.92 Å². The van der Waals surface area contributed by atoms with Crippen LogP contribution < -0.4 is 5.73 Å². The first-order valence-corrected chi connectivity index (χ1v) is 12.7. The van der Waals surface area contributed by atoms with Gasteiger partial charge in [0, 0.05) is 37.3 Å². The molecule has 2 bridgehead atoms. The van der Waals surface area contributed by atoms with E-state index in [4.69, 9.17) is 5.73 Å². The van der Waals surface area contributed by atoms with Crippen LogP contribution in [0.2, 0.25) is 0 Å². The van der Waals surface area contributed by atoms with Crippen molar-refractivity contribution in [2.45, 2.75) is 81.9 Å². The molecule has 1 saturated carbocycles. The molecule has 4 N–H and O–H groups in total. The van der Waals surface area contributed by atoms with E-state index < -0.39 is 12.7 Å². The Hall–Kier alpha value is -1.96. The number of carbonyl (C=O) groups is 2. The molecule has 0 unspecified atom stereocenters. The Morgan fingerprint density at radius 3 is 2.42 bits per heavy atom. The second-order valence-electron chi connectivity index (χ2n) is 10.3. The number of amides is 2. The van der Waals surface area contributed by atoms with Crippen LogP contribution >= 0.6 is 0 Å². The summed E-state index contributed by atoms with van der Waals surface area (Å²) >= 11 is 0. The average Bonchev–Trinajstić information content (AvgIpc) is 3.07. The number of nitrogens with two attached hydrogens (primary N) is 1. The fraction of sp³-hybridized carbons (Fsp3) is 0.692. The molecule has 7 nitrogen and oxygen atoms in total. The first kappa shape index (κ1) is 24.2. The van der Waals surface area contributed by atoms with Crippen LogP contribution in [0.25, 0.3) is 0 Å². The molecule has 2 aliphatic heterocycles. The van der Waals surface area contributed by atoms with Crippen LogP contribution in [0.4, 0.5) is 0 Å². The van der Waals surface area contributed by atoms with Crippen molar-refractivity contribution >= 4 is 11.8 Å². The smallest absolute Gasteiger partial charge is 0.253 e. The Labute approximate surface area is 196 Å². The molecule has 2 saturated heterocycles. The molecule has 2 heterocycles. The number of aliphatic hydroxyl groups excluding tert-OH is 2. The monoisotopic (exact) mass is 457 g/mol. The zero-order chi connectivity index (χ0) is 23.4. The molecular formula is C26H39N3O4. The van der Waals surface area contributed by atoms with Crippen molar-refractivity contribution in [3.05, 3.63) is 35.4 Å². The summed E-state index contributed by atoms with van der Waals surface area (Å²) in [5, 5.41) is 19.3. The average molecular weight is 458 g/mol. The number of hydrogen-bond donors (Lipinski definition) is 3. The van der Waals surface area contributed by atoms with Gasteiger partial charge in [0.25, 0.3) is 5.91 Å². The summed E-state index contributed by atoms with van der Waals surface area (Å²) in [7, 11) is 0. The lowest BCUT2D eigenvalue weighted by Crippen LogP contribution is -2.50. The molecule has 2 amide bonds. The number of fused-ring (bicyclic) bond motifs is 2. The maximum Gasteiger partial charge on any atom is 0.253 e. The van der Waals surface area contributed by atoms with Gasteiger partial charge in [0.2, 0.25) is 5.91 Å². The van der Waals surface area contributed by atoms with Crippen LogP contribution in [-0.2, 0) is 4.79 Å². The third-order valence-electron chi connectivity index (χ3n) is 8.13. The molecule has 0 spiro atoms. The maximum absolute atomic E-state index is 12.8. The van der Waals surface area contributed by atoms with E-state index in [1.165, 1.54) is 24.8 Å². The van der Waals surface area contributed by atoms with Gasteiger partial charge in [0.1, 0.15) is 0 Å². The summed E-state index contributed by atoms with van der Waals surface area (Å²) < 4.78 is 0. The zero-order valence-electron chi connectivity index (χ0n) is 19.6. The number of carbonyl (C=O) groups excluding carboxylic acids is 2. The molecule has 0 aromatic heterocycles. The fourth-order valence-electron chi connectivity index (χ4n) is 6.36. The largest absolute Gasteiger partial charge is 0.393 e. The van der Waals surface area contributed by atoms with Crippen LogP contribution in [0.3, 0.4) is 0 Å². The van der Waals surface area contributed by atoms with Crippen molar-refractivity contribution < 1.29 is 19.8 Å². The summed E-state index contributed by atoms with van der Waals surface area (Å²) in [4.78, 5) is 28.7. The number of aliphatic hydroxyl groups is 2. The van der Waals surface area contributed by atoms with Gasteiger partial charge in [-0.1, -0.05) is 31.4 Å². The number of hydrogen-bond acceptors (Lipinski definition) is 5. The molecule has 3 fully saturated rings. The van der Waals surface area contributed by atoms with Crippen molar-refractivity contribution in [1.29, 1.82) is 0 Å².